The number of fused-ring (bicyclic) bond motifs is 1. The normalized spacial score (nSPS) is 14.0. The lowest BCUT2D eigenvalue weighted by molar-refractivity contribution is 0.0734. The van der Waals surface area contributed by atoms with E-state index in [1.54, 1.807) is 78.9 Å². The van der Waals surface area contributed by atoms with Crippen LogP contribution < -0.4 is 24.7 Å². The van der Waals surface area contributed by atoms with Crippen molar-refractivity contribution in [2.75, 3.05) is 7.11 Å². The van der Waals surface area contributed by atoms with Crippen molar-refractivity contribution in [3.63, 3.8) is 0 Å². The Hall–Kier alpha value is -5.29. The molecule has 8 heteroatoms. The molecule has 0 radical (unpaired) electrons. The van der Waals surface area contributed by atoms with Crippen molar-refractivity contribution in [3.8, 4) is 29.1 Å². The van der Waals surface area contributed by atoms with Gasteiger partial charge in [-0.25, -0.2) is 9.18 Å². The van der Waals surface area contributed by atoms with Gasteiger partial charge in [0.2, 0.25) is 5.88 Å². The van der Waals surface area contributed by atoms with Crippen molar-refractivity contribution in [3.05, 3.63) is 131 Å². The Morgan fingerprint density at radius 3 is 2.56 bits per heavy atom. The first-order valence-electron chi connectivity index (χ1n) is 12.0. The molecular formula is C31H23FN2O5. The molecule has 5 rings (SSSR count). The summed E-state index contributed by atoms with van der Waals surface area (Å²) in [5.41, 5.74) is 8.51. The third kappa shape index (κ3) is 5.38. The van der Waals surface area contributed by atoms with Crippen molar-refractivity contribution in [2.45, 2.75) is 12.5 Å². The first kappa shape index (κ1) is 25.4. The number of allylic oxidation sites excluding steroid dienone is 1. The third-order valence-corrected chi connectivity index (χ3v) is 6.25. The van der Waals surface area contributed by atoms with Crippen molar-refractivity contribution in [1.29, 1.82) is 5.26 Å². The standard InChI is InChI=1S/C31H23FN2O5/c1-36-22-9-5-8-20(15-22)31(35)38-24-12-13-25-28(16-24)39-30(34)26(17-33)29(25)19-7-4-10-23(14-19)37-18-21-6-2-3-11-27(21)32/h2-16,29H,18,34H2,1H3. The molecule has 2 N–H and O–H groups in total. The summed E-state index contributed by atoms with van der Waals surface area (Å²) in [6, 6.07) is 27.2. The molecule has 0 fully saturated rings. The molecule has 7 nitrogen and oxygen atoms in total. The van der Waals surface area contributed by atoms with Gasteiger partial charge in [0.1, 0.15) is 47.1 Å². The molecule has 39 heavy (non-hydrogen) atoms. The maximum absolute atomic E-state index is 14.0. The predicted molar refractivity (Wildman–Crippen MR) is 141 cm³/mol. The van der Waals surface area contributed by atoms with E-state index < -0.39 is 11.9 Å². The second-order valence-electron chi connectivity index (χ2n) is 8.70. The van der Waals surface area contributed by atoms with E-state index in [-0.39, 0.29) is 29.6 Å². The molecule has 1 atom stereocenters. The molecule has 0 saturated heterocycles. The van der Waals surface area contributed by atoms with Crippen LogP contribution in [0.2, 0.25) is 0 Å². The number of carbonyl (C=O) groups is 1. The Morgan fingerprint density at radius 2 is 1.77 bits per heavy atom. The molecule has 1 heterocycles. The average molecular weight is 523 g/mol. The highest BCUT2D eigenvalue weighted by Crippen LogP contribution is 2.44. The van der Waals surface area contributed by atoms with E-state index in [1.165, 1.54) is 13.2 Å². The highest BCUT2D eigenvalue weighted by atomic mass is 19.1. The van der Waals surface area contributed by atoms with Crippen molar-refractivity contribution in [2.24, 2.45) is 5.73 Å². The number of ether oxygens (including phenoxy) is 4. The number of rotatable bonds is 7. The molecule has 1 aliphatic heterocycles. The monoisotopic (exact) mass is 522 g/mol. The number of carbonyl (C=O) groups excluding carboxylic acids is 1. The summed E-state index contributed by atoms with van der Waals surface area (Å²) in [6.45, 7) is 0.0472. The van der Waals surface area contributed by atoms with Crippen LogP contribution in [0.3, 0.4) is 0 Å². The van der Waals surface area contributed by atoms with E-state index in [0.717, 1.165) is 5.56 Å². The summed E-state index contributed by atoms with van der Waals surface area (Å²) in [4.78, 5) is 12.7. The molecule has 194 valence electrons. The number of nitrogens with zero attached hydrogens (tertiary/aromatic N) is 1. The van der Waals surface area contributed by atoms with E-state index in [1.807, 2.05) is 6.07 Å². The van der Waals surface area contributed by atoms with Gasteiger partial charge in [-0.2, -0.15) is 5.26 Å². The third-order valence-electron chi connectivity index (χ3n) is 6.25. The molecule has 0 saturated carbocycles. The average Bonchev–Trinajstić information content (AvgIpc) is 2.96. The van der Waals surface area contributed by atoms with Crippen LogP contribution in [0.25, 0.3) is 0 Å². The van der Waals surface area contributed by atoms with E-state index in [2.05, 4.69) is 6.07 Å². The van der Waals surface area contributed by atoms with E-state index in [9.17, 15) is 14.4 Å². The maximum Gasteiger partial charge on any atom is 0.343 e. The number of nitriles is 1. The van der Waals surface area contributed by atoms with Gasteiger partial charge in [-0.3, -0.25) is 0 Å². The Morgan fingerprint density at radius 1 is 0.974 bits per heavy atom. The Bertz CT molecular complexity index is 1630. The first-order chi connectivity index (χ1) is 19.0. The number of hydrogen-bond acceptors (Lipinski definition) is 7. The predicted octanol–water partition coefficient (Wildman–Crippen LogP) is 5.85. The van der Waals surface area contributed by atoms with Gasteiger partial charge in [-0.05, 0) is 48.0 Å². The fourth-order valence-electron chi connectivity index (χ4n) is 4.32. The molecule has 0 aliphatic carbocycles. The molecule has 1 unspecified atom stereocenters. The highest BCUT2D eigenvalue weighted by molar-refractivity contribution is 5.91. The van der Waals surface area contributed by atoms with E-state index in [0.29, 0.717) is 33.9 Å². The molecule has 0 amide bonds. The summed E-state index contributed by atoms with van der Waals surface area (Å²) in [5, 5.41) is 9.89. The fraction of sp³-hybridized carbons (Fsp3) is 0.0968. The van der Waals surface area contributed by atoms with Crippen molar-refractivity contribution < 1.29 is 28.1 Å². The van der Waals surface area contributed by atoms with Crippen LogP contribution in [0.5, 0.6) is 23.0 Å². The molecule has 0 spiro atoms. The number of halogens is 1. The van der Waals surface area contributed by atoms with Crippen LogP contribution in [-0.2, 0) is 6.61 Å². The zero-order valence-corrected chi connectivity index (χ0v) is 20.9. The van der Waals surface area contributed by atoms with Gasteiger partial charge in [0.15, 0.2) is 0 Å². The largest absolute Gasteiger partial charge is 0.497 e. The highest BCUT2D eigenvalue weighted by Gasteiger charge is 2.31. The smallest absolute Gasteiger partial charge is 0.343 e. The lowest BCUT2D eigenvalue weighted by Gasteiger charge is -2.27. The van der Waals surface area contributed by atoms with Gasteiger partial charge < -0.3 is 24.7 Å². The number of methoxy groups -OCH3 is 1. The van der Waals surface area contributed by atoms with Crippen LogP contribution in [-0.4, -0.2) is 13.1 Å². The summed E-state index contributed by atoms with van der Waals surface area (Å²) < 4.78 is 36.3. The van der Waals surface area contributed by atoms with Gasteiger partial charge in [-0.15, -0.1) is 0 Å². The van der Waals surface area contributed by atoms with Crippen LogP contribution in [0, 0.1) is 17.1 Å². The molecule has 0 aromatic heterocycles. The molecule has 0 bridgehead atoms. The molecule has 4 aromatic rings. The summed E-state index contributed by atoms with van der Waals surface area (Å²) >= 11 is 0. The van der Waals surface area contributed by atoms with Crippen LogP contribution in [0.4, 0.5) is 4.39 Å². The maximum atomic E-state index is 14.0. The van der Waals surface area contributed by atoms with E-state index >= 15 is 0 Å². The fourth-order valence-corrected chi connectivity index (χ4v) is 4.32. The summed E-state index contributed by atoms with van der Waals surface area (Å²) in [7, 11) is 1.51. The molecule has 1 aliphatic rings. The van der Waals surface area contributed by atoms with Gasteiger partial charge >= 0.3 is 5.97 Å². The van der Waals surface area contributed by atoms with Crippen molar-refractivity contribution >= 4 is 5.97 Å². The van der Waals surface area contributed by atoms with Crippen LogP contribution >= 0.6 is 0 Å². The van der Waals surface area contributed by atoms with Gasteiger partial charge in [-0.1, -0.05) is 42.5 Å². The van der Waals surface area contributed by atoms with Crippen molar-refractivity contribution in [1.82, 2.24) is 0 Å². The second-order valence-corrected chi connectivity index (χ2v) is 8.70. The molecular weight excluding hydrogens is 499 g/mol. The SMILES string of the molecule is COc1cccc(C(=O)Oc2ccc3c(c2)OC(N)=C(C#N)C3c2cccc(OCc3ccccc3F)c2)c1. The minimum absolute atomic E-state index is 0.0472. The topological polar surface area (TPSA) is 104 Å². The Balaban J connectivity index is 1.42. The summed E-state index contributed by atoms with van der Waals surface area (Å²) in [5.74, 6) is 0.106. The minimum Gasteiger partial charge on any atom is -0.497 e. The Kier molecular flexibility index (Phi) is 7.15. The zero-order chi connectivity index (χ0) is 27.4. The van der Waals surface area contributed by atoms with Crippen LogP contribution in [0.15, 0.2) is 102 Å². The van der Waals surface area contributed by atoms with Gasteiger partial charge in [0.05, 0.1) is 18.6 Å². The Labute approximate surface area is 224 Å². The number of esters is 1. The van der Waals surface area contributed by atoms with E-state index in [4.69, 9.17) is 24.7 Å². The lowest BCUT2D eigenvalue weighted by Crippen LogP contribution is -2.21. The second kappa shape index (κ2) is 11.0. The molecule has 4 aromatic carbocycles. The minimum atomic E-state index is -0.567. The van der Waals surface area contributed by atoms with Gasteiger partial charge in [0.25, 0.3) is 0 Å². The van der Waals surface area contributed by atoms with Gasteiger partial charge in [0, 0.05) is 17.2 Å². The first-order valence-corrected chi connectivity index (χ1v) is 12.0. The number of benzene rings is 4. The zero-order valence-electron chi connectivity index (χ0n) is 20.9. The lowest BCUT2D eigenvalue weighted by atomic mass is 9.83. The number of nitrogens with two attached hydrogens (primary N) is 1. The van der Waals surface area contributed by atoms with Crippen LogP contribution in [0.1, 0.15) is 33.0 Å². The number of hydrogen-bond donors (Lipinski definition) is 1. The quantitative estimate of drug-likeness (QED) is 0.240. The summed E-state index contributed by atoms with van der Waals surface area (Å²) in [6.07, 6.45) is 0.